The molecule has 1 aromatic heterocycles. The SMILES string of the molecule is [2H]C1([2H])C([2H])([2H])C1([2H])c1cnc(Br)cn1. The summed E-state index contributed by atoms with van der Waals surface area (Å²) in [7, 11) is 0. The first-order valence-electron chi connectivity index (χ1n) is 5.23. The van der Waals surface area contributed by atoms with Gasteiger partial charge in [0.1, 0.15) is 4.60 Å². The van der Waals surface area contributed by atoms with Crippen LogP contribution in [0.15, 0.2) is 17.0 Å². The van der Waals surface area contributed by atoms with Crippen molar-refractivity contribution in [2.75, 3.05) is 0 Å². The quantitative estimate of drug-likeness (QED) is 0.700. The monoisotopic (exact) mass is 203 g/mol. The molecule has 0 radical (unpaired) electrons. The lowest BCUT2D eigenvalue weighted by Crippen LogP contribution is -1.86. The molecule has 2 nitrogen and oxygen atoms in total. The highest BCUT2D eigenvalue weighted by molar-refractivity contribution is 9.10. The Balaban J connectivity index is 2.46. The lowest BCUT2D eigenvalue weighted by atomic mass is 10.3. The maximum atomic E-state index is 7.79. The molecule has 0 N–H and O–H groups in total. The third-order valence-electron chi connectivity index (χ3n) is 1.13. The first-order chi connectivity index (χ1) is 6.75. The van der Waals surface area contributed by atoms with E-state index in [1.54, 1.807) is 0 Å². The Kier molecular flexibility index (Phi) is 0.668. The Morgan fingerprint density at radius 1 is 1.60 bits per heavy atom. The van der Waals surface area contributed by atoms with Gasteiger partial charge in [0.05, 0.1) is 11.9 Å². The van der Waals surface area contributed by atoms with Gasteiger partial charge < -0.3 is 0 Å². The smallest absolute Gasteiger partial charge is 0.124 e. The summed E-state index contributed by atoms with van der Waals surface area (Å²) in [5.41, 5.74) is 0.0145. The van der Waals surface area contributed by atoms with Gasteiger partial charge in [-0.1, -0.05) is 0 Å². The number of nitrogens with zero attached hydrogens (tertiary/aromatic N) is 2. The summed E-state index contributed by atoms with van der Waals surface area (Å²) >= 11 is 3.07. The Bertz CT molecular complexity index is 390. The van der Waals surface area contributed by atoms with Crippen molar-refractivity contribution in [1.29, 1.82) is 0 Å². The summed E-state index contributed by atoms with van der Waals surface area (Å²) in [6.07, 6.45) is -1.89. The van der Waals surface area contributed by atoms with E-state index >= 15 is 0 Å². The standard InChI is InChI=1S/C7H7BrN2/c8-7-4-9-6(3-10-7)5-1-2-5/h3-5H,1-2H2/i1D2,2D2,5D. The molecule has 0 aromatic carbocycles. The van der Waals surface area contributed by atoms with Gasteiger partial charge in [-0.05, 0) is 28.7 Å². The minimum absolute atomic E-state index is 0.0145. The first-order valence-corrected chi connectivity index (χ1v) is 3.52. The summed E-state index contributed by atoms with van der Waals surface area (Å²) in [6, 6.07) is 0. The van der Waals surface area contributed by atoms with E-state index in [1.165, 1.54) is 12.4 Å². The van der Waals surface area contributed by atoms with E-state index < -0.39 is 18.6 Å². The van der Waals surface area contributed by atoms with E-state index in [2.05, 4.69) is 25.9 Å². The summed E-state index contributed by atoms with van der Waals surface area (Å²) < 4.78 is 37.9. The molecule has 1 aliphatic rings. The normalized spacial score (nSPS) is 37.9. The van der Waals surface area contributed by atoms with E-state index in [0.29, 0.717) is 4.60 Å². The largest absolute Gasteiger partial charge is 0.257 e. The van der Waals surface area contributed by atoms with E-state index in [0.717, 1.165) is 0 Å². The number of hydrogen-bond donors (Lipinski definition) is 0. The fraction of sp³-hybridized carbons (Fsp3) is 0.429. The van der Waals surface area contributed by atoms with Crippen LogP contribution in [-0.2, 0) is 0 Å². The van der Waals surface area contributed by atoms with Crippen molar-refractivity contribution in [3.8, 4) is 0 Å². The lowest BCUT2D eigenvalue weighted by molar-refractivity contribution is 0.977. The van der Waals surface area contributed by atoms with Crippen molar-refractivity contribution >= 4 is 15.9 Å². The summed E-state index contributed by atoms with van der Waals surface area (Å²) in [5.74, 6) is -1.95. The highest BCUT2D eigenvalue weighted by atomic mass is 79.9. The van der Waals surface area contributed by atoms with Crippen molar-refractivity contribution in [3.63, 3.8) is 0 Å². The maximum Gasteiger partial charge on any atom is 0.124 e. The fourth-order valence-electron chi connectivity index (χ4n) is 0.601. The zero-order valence-corrected chi connectivity index (χ0v) is 6.51. The fourth-order valence-corrected chi connectivity index (χ4v) is 0.805. The zero-order chi connectivity index (χ0) is 11.5. The average Bonchev–Trinajstić information content (AvgIpc) is 2.46. The molecule has 1 saturated carbocycles. The van der Waals surface area contributed by atoms with Crippen LogP contribution in [0.1, 0.15) is 31.2 Å². The van der Waals surface area contributed by atoms with Gasteiger partial charge >= 0.3 is 0 Å². The van der Waals surface area contributed by atoms with Crippen molar-refractivity contribution in [3.05, 3.63) is 22.7 Å². The third kappa shape index (κ3) is 1.19. The molecule has 10 heavy (non-hydrogen) atoms. The van der Waals surface area contributed by atoms with E-state index in [9.17, 15) is 0 Å². The van der Waals surface area contributed by atoms with Crippen molar-refractivity contribution < 1.29 is 6.85 Å². The van der Waals surface area contributed by atoms with Crippen LogP contribution in [0.5, 0.6) is 0 Å². The van der Waals surface area contributed by atoms with Crippen LogP contribution in [0.25, 0.3) is 0 Å². The van der Waals surface area contributed by atoms with Crippen LogP contribution in [0.4, 0.5) is 0 Å². The second kappa shape index (κ2) is 2.31. The second-order valence-corrected chi connectivity index (χ2v) is 2.66. The van der Waals surface area contributed by atoms with Crippen LogP contribution in [-0.4, -0.2) is 9.97 Å². The molecular formula is C7H7BrN2. The van der Waals surface area contributed by atoms with Gasteiger partial charge in [0.2, 0.25) is 0 Å². The molecule has 0 atom stereocenters. The van der Waals surface area contributed by atoms with Gasteiger partial charge in [0.15, 0.2) is 0 Å². The Labute approximate surface area is 74.9 Å². The first kappa shape index (κ1) is 2.89. The van der Waals surface area contributed by atoms with Gasteiger partial charge in [0.25, 0.3) is 0 Å². The van der Waals surface area contributed by atoms with Crippen LogP contribution >= 0.6 is 15.9 Å². The molecule has 1 heterocycles. The van der Waals surface area contributed by atoms with Gasteiger partial charge in [0, 0.05) is 18.9 Å². The summed E-state index contributed by atoms with van der Waals surface area (Å²) in [6.45, 7) is 0. The number of hydrogen-bond acceptors (Lipinski definition) is 2. The molecule has 0 spiro atoms. The lowest BCUT2D eigenvalue weighted by Gasteiger charge is -1.93. The van der Waals surface area contributed by atoms with Gasteiger partial charge in [-0.25, -0.2) is 4.98 Å². The van der Waals surface area contributed by atoms with Crippen molar-refractivity contribution in [2.45, 2.75) is 18.6 Å². The summed E-state index contributed by atoms with van der Waals surface area (Å²) in [4.78, 5) is 7.64. The van der Waals surface area contributed by atoms with Crippen molar-refractivity contribution in [2.24, 2.45) is 0 Å². The predicted molar refractivity (Wildman–Crippen MR) is 41.7 cm³/mol. The van der Waals surface area contributed by atoms with Crippen LogP contribution < -0.4 is 0 Å². The Morgan fingerprint density at radius 3 is 2.90 bits per heavy atom. The molecule has 52 valence electrons. The van der Waals surface area contributed by atoms with E-state index in [1.807, 2.05) is 0 Å². The summed E-state index contributed by atoms with van der Waals surface area (Å²) in [5, 5.41) is 0. The van der Waals surface area contributed by atoms with Gasteiger partial charge in [-0.2, -0.15) is 0 Å². The molecule has 1 aromatic rings. The number of aromatic nitrogens is 2. The van der Waals surface area contributed by atoms with Crippen LogP contribution in [0.3, 0.4) is 0 Å². The van der Waals surface area contributed by atoms with Crippen LogP contribution in [0, 0.1) is 0 Å². The molecule has 3 heteroatoms. The highest BCUT2D eigenvalue weighted by Gasteiger charge is 2.24. The molecule has 0 aliphatic heterocycles. The topological polar surface area (TPSA) is 25.8 Å². The van der Waals surface area contributed by atoms with E-state index in [4.69, 9.17) is 6.85 Å². The predicted octanol–water partition coefficient (Wildman–Crippen LogP) is 2.12. The molecule has 0 bridgehead atoms. The Morgan fingerprint density at radius 2 is 2.40 bits per heavy atom. The Hall–Kier alpha value is -0.440. The second-order valence-electron chi connectivity index (χ2n) is 1.85. The third-order valence-corrected chi connectivity index (χ3v) is 1.54. The molecule has 1 aliphatic carbocycles. The van der Waals surface area contributed by atoms with Crippen molar-refractivity contribution in [1.82, 2.24) is 9.97 Å². The van der Waals surface area contributed by atoms with Gasteiger partial charge in [-0.15, -0.1) is 0 Å². The van der Waals surface area contributed by atoms with E-state index in [-0.39, 0.29) is 5.69 Å². The molecule has 0 saturated heterocycles. The maximum absolute atomic E-state index is 7.79. The molecule has 0 amide bonds. The number of halogens is 1. The minimum Gasteiger partial charge on any atom is -0.257 e. The molecule has 1 fully saturated rings. The highest BCUT2D eigenvalue weighted by Crippen LogP contribution is 2.38. The average molecular weight is 204 g/mol. The zero-order valence-electron chi connectivity index (χ0n) is 9.93. The molecule has 0 unspecified atom stereocenters. The molecular weight excluding hydrogens is 192 g/mol. The van der Waals surface area contributed by atoms with Gasteiger partial charge in [-0.3, -0.25) is 4.98 Å². The minimum atomic E-state index is -2.22. The molecule has 2 rings (SSSR count). The van der Waals surface area contributed by atoms with Crippen LogP contribution in [0.2, 0.25) is 0 Å². The number of rotatable bonds is 1.